The monoisotopic (exact) mass is 117 g/mol. The third-order valence-corrected chi connectivity index (χ3v) is 4.31. The number of nitrogens with zero attached hydrogens (tertiary/aromatic N) is 1. The summed E-state index contributed by atoms with van der Waals surface area (Å²) >= 11 is 0. The molecule has 7 heavy (non-hydrogen) atoms. The molecule has 2 heteroatoms. The molecule has 1 aliphatic heterocycles. The first-order chi connectivity index (χ1) is 3.27. The fourth-order valence-electron chi connectivity index (χ4n) is 0.660. The molecule has 1 fully saturated rings. The van der Waals surface area contributed by atoms with E-state index in [2.05, 4.69) is 10.2 Å². The molecule has 0 aromatic carbocycles. The lowest BCUT2D eigenvalue weighted by atomic mass is 10.5. The molecule has 1 saturated heterocycles. The summed E-state index contributed by atoms with van der Waals surface area (Å²) in [7, 11) is 1.29. The van der Waals surface area contributed by atoms with E-state index < -0.39 is 9.41 Å². The minimum Gasteiger partial charge on any atom is -0.274 e. The summed E-state index contributed by atoms with van der Waals surface area (Å²) in [5, 5.41) is 0. The molecule has 0 bridgehead atoms. The van der Waals surface area contributed by atoms with Crippen molar-refractivity contribution in [3.63, 3.8) is 0 Å². The Labute approximate surface area is 45.4 Å². The summed E-state index contributed by atoms with van der Waals surface area (Å²) in [5.74, 6) is 6.57. The van der Waals surface area contributed by atoms with Gasteiger partial charge in [0.05, 0.1) is 0 Å². The highest BCUT2D eigenvalue weighted by atomic mass is 32.2. The van der Waals surface area contributed by atoms with Crippen LogP contribution in [0.5, 0.6) is 0 Å². The second kappa shape index (κ2) is 1.51. The Balaban J connectivity index is 2.82. The highest BCUT2D eigenvalue weighted by molar-refractivity contribution is 8.03. The van der Waals surface area contributed by atoms with Crippen molar-refractivity contribution in [3.8, 4) is 0 Å². The fourth-order valence-corrected chi connectivity index (χ4v) is 1.98. The maximum atomic E-state index is 4.20. The van der Waals surface area contributed by atoms with Crippen molar-refractivity contribution in [2.45, 2.75) is 6.42 Å². The molecule has 0 aliphatic carbocycles. The van der Waals surface area contributed by atoms with Gasteiger partial charge in [-0.25, -0.2) is 0 Å². The summed E-state index contributed by atoms with van der Waals surface area (Å²) in [6, 6.07) is 0. The quantitative estimate of drug-likeness (QED) is 0.416. The van der Waals surface area contributed by atoms with Crippen molar-refractivity contribution in [1.82, 2.24) is 0 Å². The molecule has 0 spiro atoms. The van der Waals surface area contributed by atoms with Crippen molar-refractivity contribution in [2.24, 2.45) is 4.36 Å². The first-order valence-corrected chi connectivity index (χ1v) is 4.59. The average Bonchev–Trinajstić information content (AvgIpc) is 1.61. The first-order valence-electron chi connectivity index (χ1n) is 2.50. The topological polar surface area (TPSA) is 12.4 Å². The Kier molecular flexibility index (Phi) is 1.11. The van der Waals surface area contributed by atoms with Crippen LogP contribution in [0.3, 0.4) is 0 Å². The second-order valence-electron chi connectivity index (χ2n) is 1.94. The van der Waals surface area contributed by atoms with Crippen LogP contribution in [0.15, 0.2) is 4.36 Å². The predicted octanol–water partition coefficient (Wildman–Crippen LogP) is 0.789. The van der Waals surface area contributed by atoms with E-state index in [4.69, 9.17) is 0 Å². The lowest BCUT2D eigenvalue weighted by Crippen LogP contribution is -2.22. The highest BCUT2D eigenvalue weighted by Crippen LogP contribution is 2.10. The molecule has 0 N–H and O–H groups in total. The van der Waals surface area contributed by atoms with E-state index in [1.807, 2.05) is 7.05 Å². The molecule has 1 aliphatic rings. The molecule has 0 radical (unpaired) electrons. The summed E-state index contributed by atoms with van der Waals surface area (Å²) < 4.78 is 4.20. The minimum absolute atomic E-state index is 0.602. The Morgan fingerprint density at radius 3 is 2.14 bits per heavy atom. The summed E-state index contributed by atoms with van der Waals surface area (Å²) in [6.45, 7) is 0. The van der Waals surface area contributed by atoms with Gasteiger partial charge >= 0.3 is 0 Å². The van der Waals surface area contributed by atoms with Gasteiger partial charge in [-0.1, -0.05) is 5.87 Å². The minimum atomic E-state index is -0.602. The van der Waals surface area contributed by atoms with Gasteiger partial charge in [0.25, 0.3) is 0 Å². The van der Waals surface area contributed by atoms with E-state index >= 15 is 0 Å². The van der Waals surface area contributed by atoms with Crippen LogP contribution in [0.25, 0.3) is 0 Å². The average molecular weight is 117 g/mol. The van der Waals surface area contributed by atoms with E-state index in [1.54, 1.807) is 0 Å². The molecular weight excluding hydrogens is 106 g/mol. The molecule has 0 saturated carbocycles. The van der Waals surface area contributed by atoms with Gasteiger partial charge in [0.15, 0.2) is 0 Å². The van der Waals surface area contributed by atoms with Gasteiger partial charge in [0.2, 0.25) is 0 Å². The second-order valence-corrected chi connectivity index (χ2v) is 5.13. The number of hydrogen-bond acceptors (Lipinski definition) is 1. The van der Waals surface area contributed by atoms with Crippen molar-refractivity contribution < 1.29 is 0 Å². The maximum absolute atomic E-state index is 4.20. The molecule has 42 valence electrons. The maximum Gasteiger partial charge on any atom is 0.0340 e. The van der Waals surface area contributed by atoms with Crippen molar-refractivity contribution in [2.75, 3.05) is 18.6 Å². The van der Waals surface area contributed by atoms with Crippen LogP contribution < -0.4 is 0 Å². The lowest BCUT2D eigenvalue weighted by molar-refractivity contribution is 1.03. The Morgan fingerprint density at radius 2 is 2.14 bits per heavy atom. The summed E-state index contributed by atoms with van der Waals surface area (Å²) in [4.78, 5) is 0. The Bertz CT molecular complexity index is 153. The van der Waals surface area contributed by atoms with Gasteiger partial charge in [-0.2, -0.15) is 0 Å². The largest absolute Gasteiger partial charge is 0.274 e. The van der Waals surface area contributed by atoms with Gasteiger partial charge in [-0.15, -0.1) is 9.41 Å². The van der Waals surface area contributed by atoms with Crippen LogP contribution in [0.2, 0.25) is 0 Å². The zero-order valence-corrected chi connectivity index (χ0v) is 5.50. The predicted molar refractivity (Wildman–Crippen MR) is 37.2 cm³/mol. The Hall–Kier alpha value is 0.0200. The standard InChI is InChI=1S/C5H11NS/c1-6-7(2)4-3-5-7/h2-5H2,1H3. The van der Waals surface area contributed by atoms with E-state index in [0.29, 0.717) is 0 Å². The molecule has 0 unspecified atom stereocenters. The van der Waals surface area contributed by atoms with Gasteiger partial charge in [-0.05, 0) is 17.9 Å². The number of hydrogen-bond donors (Lipinski definition) is 0. The van der Waals surface area contributed by atoms with Crippen LogP contribution in [0, 0.1) is 0 Å². The molecule has 1 heterocycles. The van der Waals surface area contributed by atoms with E-state index in [0.717, 1.165) is 0 Å². The first kappa shape index (κ1) is 5.16. The molecule has 1 rings (SSSR count). The fraction of sp³-hybridized carbons (Fsp3) is 0.800. The van der Waals surface area contributed by atoms with E-state index in [-0.39, 0.29) is 0 Å². The molecule has 1 nitrogen and oxygen atoms in total. The van der Waals surface area contributed by atoms with Crippen molar-refractivity contribution in [3.05, 3.63) is 0 Å². The van der Waals surface area contributed by atoms with Gasteiger partial charge in [0, 0.05) is 7.05 Å². The van der Waals surface area contributed by atoms with Crippen LogP contribution >= 0.6 is 0 Å². The summed E-state index contributed by atoms with van der Waals surface area (Å²) in [6.07, 6.45) is 1.36. The third-order valence-electron chi connectivity index (χ3n) is 1.44. The highest BCUT2D eigenvalue weighted by Gasteiger charge is 2.10. The van der Waals surface area contributed by atoms with E-state index in [9.17, 15) is 0 Å². The van der Waals surface area contributed by atoms with Gasteiger partial charge in [-0.3, -0.25) is 4.36 Å². The van der Waals surface area contributed by atoms with Crippen LogP contribution in [-0.4, -0.2) is 24.4 Å². The third kappa shape index (κ3) is 0.801. The molecule has 0 amide bonds. The smallest absolute Gasteiger partial charge is 0.0340 e. The summed E-state index contributed by atoms with van der Waals surface area (Å²) in [5.41, 5.74) is 0. The normalized spacial score (nSPS) is 25.9. The van der Waals surface area contributed by atoms with Crippen LogP contribution in [-0.2, 0) is 9.41 Å². The Morgan fingerprint density at radius 1 is 1.57 bits per heavy atom. The van der Waals surface area contributed by atoms with Gasteiger partial charge < -0.3 is 0 Å². The van der Waals surface area contributed by atoms with Crippen LogP contribution in [0.1, 0.15) is 6.42 Å². The lowest BCUT2D eigenvalue weighted by Gasteiger charge is -2.22. The van der Waals surface area contributed by atoms with Gasteiger partial charge in [0.1, 0.15) is 0 Å². The van der Waals surface area contributed by atoms with E-state index in [1.165, 1.54) is 17.9 Å². The molecule has 0 aromatic rings. The zero-order chi connectivity index (χ0) is 5.33. The SMILES string of the molecule is C=S1(=NC)CCC1. The number of rotatable bonds is 0. The van der Waals surface area contributed by atoms with Crippen LogP contribution in [0.4, 0.5) is 0 Å². The van der Waals surface area contributed by atoms with Crippen molar-refractivity contribution in [1.29, 1.82) is 0 Å². The van der Waals surface area contributed by atoms with Crippen molar-refractivity contribution >= 4 is 15.3 Å². The molecule has 0 aromatic heterocycles. The molecule has 0 atom stereocenters. The zero-order valence-electron chi connectivity index (χ0n) is 4.68. The molecular formula is C5H11NS.